The van der Waals surface area contributed by atoms with Crippen molar-refractivity contribution in [3.63, 3.8) is 0 Å². The third-order valence-corrected chi connectivity index (χ3v) is 4.09. The van der Waals surface area contributed by atoms with Crippen molar-refractivity contribution in [2.24, 2.45) is 5.14 Å². The van der Waals surface area contributed by atoms with Gasteiger partial charge in [-0.2, -0.15) is 0 Å². The van der Waals surface area contributed by atoms with Crippen LogP contribution >= 0.6 is 0 Å². The lowest BCUT2D eigenvalue weighted by molar-refractivity contribution is -0.386. The van der Waals surface area contributed by atoms with Gasteiger partial charge in [-0.25, -0.2) is 13.6 Å². The third kappa shape index (κ3) is 2.08. The zero-order valence-electron chi connectivity index (χ0n) is 9.30. The summed E-state index contributed by atoms with van der Waals surface area (Å²) in [6.07, 6.45) is 1.05. The van der Waals surface area contributed by atoms with Crippen LogP contribution in [-0.4, -0.2) is 20.0 Å². The molecule has 1 aliphatic carbocycles. The summed E-state index contributed by atoms with van der Waals surface area (Å²) in [5, 5.41) is 15.8. The number of rotatable bonds is 4. The van der Waals surface area contributed by atoms with Gasteiger partial charge in [-0.3, -0.25) is 14.5 Å². The number of hydrogen-bond acceptors (Lipinski definition) is 4. The van der Waals surface area contributed by atoms with Gasteiger partial charge in [0.15, 0.2) is 0 Å². The molecule has 0 aliphatic heterocycles. The molecular weight excluding hydrogens is 263 g/mol. The first-order valence-corrected chi connectivity index (χ1v) is 6.72. The highest BCUT2D eigenvalue weighted by Gasteiger charge is 2.48. The minimum absolute atomic E-state index is 0.238. The second-order valence-electron chi connectivity index (χ2n) is 4.40. The van der Waals surface area contributed by atoms with E-state index < -0.39 is 32.7 Å². The second-order valence-corrected chi connectivity index (χ2v) is 5.96. The van der Waals surface area contributed by atoms with E-state index in [1.165, 1.54) is 12.1 Å². The first-order chi connectivity index (χ1) is 8.30. The number of nitrogens with zero attached hydrogens (tertiary/aromatic N) is 1. The first kappa shape index (κ1) is 12.9. The fourth-order valence-electron chi connectivity index (χ4n) is 1.91. The molecule has 1 aromatic carbocycles. The van der Waals surface area contributed by atoms with Gasteiger partial charge in [0.05, 0.1) is 16.5 Å². The van der Waals surface area contributed by atoms with Crippen molar-refractivity contribution < 1.29 is 17.7 Å². The normalized spacial score (nSPS) is 17.4. The van der Waals surface area contributed by atoms with Gasteiger partial charge < -0.3 is 0 Å². The second kappa shape index (κ2) is 3.99. The summed E-state index contributed by atoms with van der Waals surface area (Å²) in [6.45, 7) is -0.692. The van der Waals surface area contributed by atoms with Gasteiger partial charge in [0.25, 0.3) is 5.69 Å². The summed E-state index contributed by atoms with van der Waals surface area (Å²) in [4.78, 5) is 9.89. The van der Waals surface area contributed by atoms with E-state index in [9.17, 15) is 22.9 Å². The first-order valence-electron chi connectivity index (χ1n) is 5.18. The number of hydrogen-bond donors (Lipinski definition) is 1. The average molecular weight is 274 g/mol. The van der Waals surface area contributed by atoms with Crippen molar-refractivity contribution in [3.8, 4) is 0 Å². The number of nitro benzene ring substituents is 1. The number of sulfonamides is 1. The predicted octanol–water partition coefficient (Wildman–Crippen LogP) is 1.24. The van der Waals surface area contributed by atoms with Crippen molar-refractivity contribution in [1.82, 2.24) is 0 Å². The van der Waals surface area contributed by atoms with Crippen molar-refractivity contribution in [2.45, 2.75) is 23.2 Å². The Morgan fingerprint density at radius 2 is 2.06 bits per heavy atom. The van der Waals surface area contributed by atoms with E-state index >= 15 is 0 Å². The van der Waals surface area contributed by atoms with E-state index in [-0.39, 0.29) is 10.5 Å². The Kier molecular flexibility index (Phi) is 2.86. The number of nitro groups is 1. The van der Waals surface area contributed by atoms with Gasteiger partial charge >= 0.3 is 0 Å². The molecule has 0 spiro atoms. The fraction of sp³-hybridized carbons (Fsp3) is 0.400. The quantitative estimate of drug-likeness (QED) is 0.659. The Bertz CT molecular complexity index is 610. The Labute approximate surface area is 103 Å². The predicted molar refractivity (Wildman–Crippen MR) is 61.4 cm³/mol. The molecule has 0 heterocycles. The number of primary sulfonamides is 1. The number of alkyl halides is 1. The lowest BCUT2D eigenvalue weighted by atomic mass is 9.96. The Hall–Kier alpha value is -1.54. The summed E-state index contributed by atoms with van der Waals surface area (Å²) in [7, 11) is -4.01. The van der Waals surface area contributed by atoms with E-state index in [0.717, 1.165) is 6.07 Å². The Morgan fingerprint density at radius 1 is 1.44 bits per heavy atom. The molecule has 2 N–H and O–H groups in total. The number of benzene rings is 1. The van der Waals surface area contributed by atoms with Crippen LogP contribution in [0.1, 0.15) is 18.4 Å². The molecule has 18 heavy (non-hydrogen) atoms. The van der Waals surface area contributed by atoms with E-state index in [2.05, 4.69) is 0 Å². The molecule has 0 atom stereocenters. The topological polar surface area (TPSA) is 103 Å². The summed E-state index contributed by atoms with van der Waals surface area (Å²) in [5.74, 6) is 0. The fourth-order valence-corrected chi connectivity index (χ4v) is 2.45. The maximum atomic E-state index is 12.9. The zero-order valence-corrected chi connectivity index (χ0v) is 10.1. The van der Waals surface area contributed by atoms with E-state index in [0.29, 0.717) is 12.8 Å². The number of halogens is 1. The molecule has 2 rings (SSSR count). The summed E-state index contributed by atoms with van der Waals surface area (Å²) < 4.78 is 35.2. The van der Waals surface area contributed by atoms with Gasteiger partial charge in [-0.05, 0) is 18.9 Å². The Balaban J connectivity index is 2.60. The minimum atomic E-state index is -4.01. The van der Waals surface area contributed by atoms with Crippen molar-refractivity contribution in [3.05, 3.63) is 33.9 Å². The molecular formula is C10H11FN2O4S. The highest BCUT2D eigenvalue weighted by atomic mass is 32.2. The van der Waals surface area contributed by atoms with Gasteiger partial charge in [0.2, 0.25) is 10.0 Å². The molecule has 0 bridgehead atoms. The molecule has 0 radical (unpaired) electrons. The highest BCUT2D eigenvalue weighted by molar-refractivity contribution is 7.89. The van der Waals surface area contributed by atoms with Crippen LogP contribution in [0.25, 0.3) is 0 Å². The third-order valence-electron chi connectivity index (χ3n) is 3.18. The van der Waals surface area contributed by atoms with Gasteiger partial charge in [-0.15, -0.1) is 0 Å². The van der Waals surface area contributed by atoms with Crippen LogP contribution in [0, 0.1) is 10.1 Å². The maximum Gasteiger partial charge on any atom is 0.274 e. The largest absolute Gasteiger partial charge is 0.274 e. The molecule has 1 aromatic rings. The average Bonchev–Trinajstić information content (AvgIpc) is 3.07. The maximum absolute atomic E-state index is 12.9. The molecule has 8 heteroatoms. The highest BCUT2D eigenvalue weighted by Crippen LogP contribution is 2.51. The van der Waals surface area contributed by atoms with Gasteiger partial charge in [0, 0.05) is 17.0 Å². The lowest BCUT2D eigenvalue weighted by Crippen LogP contribution is -2.15. The van der Waals surface area contributed by atoms with E-state index in [1.54, 1.807) is 0 Å². The van der Waals surface area contributed by atoms with Crippen LogP contribution in [0.15, 0.2) is 23.1 Å². The molecule has 1 fully saturated rings. The van der Waals surface area contributed by atoms with Crippen LogP contribution in [0.5, 0.6) is 0 Å². The summed E-state index contributed by atoms with van der Waals surface area (Å²) >= 11 is 0. The molecule has 0 aromatic heterocycles. The molecule has 6 nitrogen and oxygen atoms in total. The smallest absolute Gasteiger partial charge is 0.258 e. The summed E-state index contributed by atoms with van der Waals surface area (Å²) in [6, 6.07) is 3.35. The number of nitrogens with two attached hydrogens (primary N) is 1. The van der Waals surface area contributed by atoms with Crippen LogP contribution in [-0.2, 0) is 15.4 Å². The van der Waals surface area contributed by atoms with E-state index in [1.807, 2.05) is 0 Å². The molecule has 0 saturated heterocycles. The standard InChI is InChI=1S/C10H11FN2O4S/c11-6-10(3-4-10)8-2-1-7(18(12,16)17)5-9(8)13(14)15/h1-2,5H,3-4,6H2,(H2,12,16,17). The zero-order chi connectivity index (χ0) is 13.6. The minimum Gasteiger partial charge on any atom is -0.258 e. The van der Waals surface area contributed by atoms with Crippen LogP contribution in [0.4, 0.5) is 10.1 Å². The van der Waals surface area contributed by atoms with Crippen LogP contribution < -0.4 is 5.14 Å². The van der Waals surface area contributed by atoms with Gasteiger partial charge in [-0.1, -0.05) is 6.07 Å². The molecule has 0 unspecified atom stereocenters. The monoisotopic (exact) mass is 274 g/mol. The SMILES string of the molecule is NS(=O)(=O)c1ccc(C2(CF)CC2)c([N+](=O)[O-])c1. The van der Waals surface area contributed by atoms with Crippen molar-refractivity contribution >= 4 is 15.7 Å². The summed E-state index contributed by atoms with van der Waals surface area (Å²) in [5.41, 5.74) is -0.974. The molecule has 98 valence electrons. The lowest BCUT2D eigenvalue weighted by Gasteiger charge is -2.11. The van der Waals surface area contributed by atoms with Crippen LogP contribution in [0.3, 0.4) is 0 Å². The van der Waals surface area contributed by atoms with Gasteiger partial charge in [0.1, 0.15) is 0 Å². The molecule has 0 amide bonds. The Morgan fingerprint density at radius 3 is 2.44 bits per heavy atom. The van der Waals surface area contributed by atoms with Crippen LogP contribution in [0.2, 0.25) is 0 Å². The van der Waals surface area contributed by atoms with Crippen molar-refractivity contribution in [1.29, 1.82) is 0 Å². The van der Waals surface area contributed by atoms with E-state index in [4.69, 9.17) is 5.14 Å². The molecule has 1 aliphatic rings. The molecule has 1 saturated carbocycles. The van der Waals surface area contributed by atoms with Crippen molar-refractivity contribution in [2.75, 3.05) is 6.67 Å².